The highest BCUT2D eigenvalue weighted by atomic mass is 35.5. The molecule has 2 amide bonds. The van der Waals surface area contributed by atoms with Crippen molar-refractivity contribution in [3.63, 3.8) is 0 Å². The first-order valence-corrected chi connectivity index (χ1v) is 6.77. The van der Waals surface area contributed by atoms with Gasteiger partial charge < -0.3 is 5.11 Å². The molecular weight excluding hydrogens is 302 g/mol. The Morgan fingerprint density at radius 1 is 1.35 bits per heavy atom. The summed E-state index contributed by atoms with van der Waals surface area (Å²) in [7, 11) is 0. The zero-order valence-electron chi connectivity index (χ0n) is 10.1. The monoisotopic (exact) mass is 311 g/mol. The van der Waals surface area contributed by atoms with Crippen LogP contribution in [0.15, 0.2) is 35.8 Å². The molecule has 2 rings (SSSR count). The number of nitrogens with zero attached hydrogens (tertiary/aromatic N) is 2. The van der Waals surface area contributed by atoms with Crippen LogP contribution in [-0.4, -0.2) is 28.6 Å². The average Bonchev–Trinajstić information content (AvgIpc) is 2.89. The molecule has 0 radical (unpaired) electrons. The van der Waals surface area contributed by atoms with Gasteiger partial charge in [-0.05, 0) is 24.3 Å². The molecule has 0 unspecified atom stereocenters. The van der Waals surface area contributed by atoms with Crippen molar-refractivity contribution in [1.29, 1.82) is 0 Å². The van der Waals surface area contributed by atoms with E-state index >= 15 is 0 Å². The van der Waals surface area contributed by atoms with Gasteiger partial charge in [-0.25, -0.2) is 9.78 Å². The van der Waals surface area contributed by atoms with Crippen molar-refractivity contribution in [3.8, 4) is 0 Å². The van der Waals surface area contributed by atoms with E-state index in [-0.39, 0.29) is 0 Å². The lowest BCUT2D eigenvalue weighted by Crippen LogP contribution is -2.38. The van der Waals surface area contributed by atoms with Crippen LogP contribution >= 0.6 is 22.9 Å². The van der Waals surface area contributed by atoms with Crippen molar-refractivity contribution >= 4 is 45.8 Å². The summed E-state index contributed by atoms with van der Waals surface area (Å²) in [6, 6.07) is 5.76. The van der Waals surface area contributed by atoms with Crippen molar-refractivity contribution in [2.24, 2.45) is 0 Å². The molecule has 8 heteroatoms. The van der Waals surface area contributed by atoms with Gasteiger partial charge in [0.15, 0.2) is 5.13 Å². The highest BCUT2D eigenvalue weighted by Gasteiger charge is 2.19. The SMILES string of the molecule is O=C(O)CN(C(=O)Nc1nccs1)c1ccc(Cl)cc1. The summed E-state index contributed by atoms with van der Waals surface area (Å²) in [5, 5.41) is 14.1. The van der Waals surface area contributed by atoms with E-state index in [1.165, 1.54) is 11.3 Å². The molecule has 0 saturated carbocycles. The van der Waals surface area contributed by atoms with E-state index in [0.29, 0.717) is 15.8 Å². The number of carbonyl (C=O) groups is 2. The first-order valence-electron chi connectivity index (χ1n) is 5.51. The summed E-state index contributed by atoms with van der Waals surface area (Å²) in [6.07, 6.45) is 1.55. The van der Waals surface area contributed by atoms with Gasteiger partial charge in [-0.1, -0.05) is 11.6 Å². The Hall–Kier alpha value is -2.12. The number of aliphatic carboxylic acids is 1. The number of hydrogen-bond acceptors (Lipinski definition) is 4. The molecule has 1 aromatic heterocycles. The van der Waals surface area contributed by atoms with Crippen LogP contribution in [0.1, 0.15) is 0 Å². The van der Waals surface area contributed by atoms with E-state index in [1.54, 1.807) is 35.8 Å². The average molecular weight is 312 g/mol. The number of amides is 2. The summed E-state index contributed by atoms with van der Waals surface area (Å²) in [5.74, 6) is -1.12. The summed E-state index contributed by atoms with van der Waals surface area (Å²) >= 11 is 7.02. The summed E-state index contributed by atoms with van der Waals surface area (Å²) in [5.41, 5.74) is 0.436. The molecule has 0 saturated heterocycles. The summed E-state index contributed by atoms with van der Waals surface area (Å²) < 4.78 is 0. The minimum Gasteiger partial charge on any atom is -0.480 e. The molecule has 0 aliphatic heterocycles. The predicted molar refractivity (Wildman–Crippen MR) is 77.6 cm³/mol. The Labute approximate surface area is 123 Å². The molecule has 0 aliphatic rings. The van der Waals surface area contributed by atoms with E-state index in [2.05, 4.69) is 10.3 Å². The molecule has 1 heterocycles. The third kappa shape index (κ3) is 3.69. The number of nitrogens with one attached hydrogen (secondary N) is 1. The van der Waals surface area contributed by atoms with Crippen LogP contribution in [0, 0.1) is 0 Å². The number of aromatic nitrogens is 1. The van der Waals surface area contributed by atoms with E-state index in [1.807, 2.05) is 0 Å². The predicted octanol–water partition coefficient (Wildman–Crippen LogP) is 2.92. The number of carboxylic acids is 1. The number of halogens is 1. The van der Waals surface area contributed by atoms with E-state index in [4.69, 9.17) is 16.7 Å². The lowest BCUT2D eigenvalue weighted by atomic mass is 10.3. The minimum atomic E-state index is -1.12. The third-order valence-corrected chi connectivity index (χ3v) is 3.26. The second-order valence-electron chi connectivity index (χ2n) is 3.72. The van der Waals surface area contributed by atoms with Gasteiger partial charge in [0.05, 0.1) is 0 Å². The zero-order chi connectivity index (χ0) is 14.5. The quantitative estimate of drug-likeness (QED) is 0.909. The van der Waals surface area contributed by atoms with Crippen molar-refractivity contribution < 1.29 is 14.7 Å². The topological polar surface area (TPSA) is 82.5 Å². The van der Waals surface area contributed by atoms with E-state index < -0.39 is 18.5 Å². The van der Waals surface area contributed by atoms with Gasteiger partial charge >= 0.3 is 12.0 Å². The van der Waals surface area contributed by atoms with E-state index in [9.17, 15) is 9.59 Å². The number of urea groups is 1. The Morgan fingerprint density at radius 3 is 2.60 bits per heavy atom. The van der Waals surface area contributed by atoms with Crippen LogP contribution in [0.3, 0.4) is 0 Å². The second kappa shape index (κ2) is 6.36. The molecule has 1 aromatic carbocycles. The van der Waals surface area contributed by atoms with Gasteiger partial charge in [0.2, 0.25) is 0 Å². The fourth-order valence-corrected chi connectivity index (χ4v) is 2.13. The van der Waals surface area contributed by atoms with Crippen LogP contribution in [-0.2, 0) is 4.79 Å². The fourth-order valence-electron chi connectivity index (χ4n) is 1.48. The smallest absolute Gasteiger partial charge is 0.328 e. The number of benzene rings is 1. The summed E-state index contributed by atoms with van der Waals surface area (Å²) in [4.78, 5) is 28.0. The number of carboxylic acid groups (broad SMARTS) is 1. The maximum absolute atomic E-state index is 12.1. The Morgan fingerprint density at radius 2 is 2.05 bits per heavy atom. The van der Waals surface area contributed by atoms with Crippen LogP contribution < -0.4 is 10.2 Å². The van der Waals surface area contributed by atoms with Crippen molar-refractivity contribution in [3.05, 3.63) is 40.9 Å². The molecule has 104 valence electrons. The van der Waals surface area contributed by atoms with Crippen LogP contribution in [0.25, 0.3) is 0 Å². The molecule has 20 heavy (non-hydrogen) atoms. The van der Waals surface area contributed by atoms with Gasteiger partial charge in [-0.2, -0.15) is 0 Å². The van der Waals surface area contributed by atoms with Crippen molar-refractivity contribution in [2.45, 2.75) is 0 Å². The lowest BCUT2D eigenvalue weighted by molar-refractivity contribution is -0.135. The third-order valence-electron chi connectivity index (χ3n) is 2.32. The molecule has 2 N–H and O–H groups in total. The van der Waals surface area contributed by atoms with Crippen LogP contribution in [0.2, 0.25) is 5.02 Å². The molecule has 0 spiro atoms. The zero-order valence-corrected chi connectivity index (χ0v) is 11.7. The Balaban J connectivity index is 2.20. The Kier molecular flexibility index (Phi) is 4.54. The maximum Gasteiger partial charge on any atom is 0.328 e. The fraction of sp³-hybridized carbons (Fsp3) is 0.0833. The first kappa shape index (κ1) is 14.3. The second-order valence-corrected chi connectivity index (χ2v) is 5.05. The molecule has 0 fully saturated rings. The standard InChI is InChI=1S/C12H10ClN3O3S/c13-8-1-3-9(4-2-8)16(7-10(17)18)12(19)15-11-14-5-6-20-11/h1-6H,7H2,(H,17,18)(H,14,15,19). The highest BCUT2D eigenvalue weighted by Crippen LogP contribution is 2.19. The van der Waals surface area contributed by atoms with Gasteiger partial charge in [0.25, 0.3) is 0 Å². The molecule has 6 nitrogen and oxygen atoms in total. The van der Waals surface area contributed by atoms with Gasteiger partial charge in [-0.3, -0.25) is 15.0 Å². The molecular formula is C12H10ClN3O3S. The van der Waals surface area contributed by atoms with Gasteiger partial charge in [0, 0.05) is 22.3 Å². The largest absolute Gasteiger partial charge is 0.480 e. The van der Waals surface area contributed by atoms with Crippen LogP contribution in [0.4, 0.5) is 15.6 Å². The van der Waals surface area contributed by atoms with Crippen molar-refractivity contribution in [1.82, 2.24) is 4.98 Å². The highest BCUT2D eigenvalue weighted by molar-refractivity contribution is 7.13. The number of thiazole rings is 1. The maximum atomic E-state index is 12.1. The first-order chi connectivity index (χ1) is 9.56. The molecule has 2 aromatic rings. The summed E-state index contributed by atoms with van der Waals surface area (Å²) in [6.45, 7) is -0.459. The van der Waals surface area contributed by atoms with Crippen molar-refractivity contribution in [2.75, 3.05) is 16.8 Å². The normalized spacial score (nSPS) is 10.1. The Bertz CT molecular complexity index is 601. The molecule has 0 bridgehead atoms. The molecule has 0 aliphatic carbocycles. The number of anilines is 2. The lowest BCUT2D eigenvalue weighted by Gasteiger charge is -2.20. The number of rotatable bonds is 4. The van der Waals surface area contributed by atoms with Crippen LogP contribution in [0.5, 0.6) is 0 Å². The van der Waals surface area contributed by atoms with Gasteiger partial charge in [-0.15, -0.1) is 11.3 Å². The van der Waals surface area contributed by atoms with Gasteiger partial charge in [0.1, 0.15) is 6.54 Å². The number of carbonyl (C=O) groups excluding carboxylic acids is 1. The minimum absolute atomic E-state index is 0.402. The van der Waals surface area contributed by atoms with E-state index in [0.717, 1.165) is 4.90 Å². The molecule has 0 atom stereocenters. The number of hydrogen-bond donors (Lipinski definition) is 2.